The first-order valence-corrected chi connectivity index (χ1v) is 17.4. The topological polar surface area (TPSA) is 109 Å². The normalized spacial score (nSPS) is 13.6. The molecule has 1 aromatic heterocycles. The van der Waals surface area contributed by atoms with E-state index in [2.05, 4.69) is 27.3 Å². The van der Waals surface area contributed by atoms with E-state index >= 15 is 0 Å². The van der Waals surface area contributed by atoms with E-state index in [1.807, 2.05) is 73.6 Å². The molecule has 0 aliphatic carbocycles. The zero-order chi connectivity index (χ0) is 36.6. The van der Waals surface area contributed by atoms with Crippen LogP contribution < -0.4 is 36.6 Å². The Morgan fingerprint density at radius 3 is 2.27 bits per heavy atom. The monoisotopic (exact) mass is 699 g/mol. The number of aromatic amines is 1. The number of rotatable bonds is 12. The zero-order valence-corrected chi connectivity index (χ0v) is 30.1. The highest BCUT2D eigenvalue weighted by molar-refractivity contribution is 6.04. The molecule has 52 heavy (non-hydrogen) atoms. The molecule has 1 aliphatic heterocycles. The molecule has 10 nitrogen and oxygen atoms in total. The molecule has 0 fully saturated rings. The first-order chi connectivity index (χ1) is 25.2. The smallest absolute Gasteiger partial charge is 0.275 e. The number of likely N-dealkylation sites (N-methyl/N-ethyl adjacent to an activating group) is 1. The molecule has 0 radical (unpaired) electrons. The number of benzene rings is 4. The van der Waals surface area contributed by atoms with Gasteiger partial charge in [-0.05, 0) is 103 Å². The van der Waals surface area contributed by atoms with Gasteiger partial charge in [-0.3, -0.25) is 19.3 Å². The van der Waals surface area contributed by atoms with E-state index in [0.717, 1.165) is 49.5 Å². The maximum atomic E-state index is 13.7. The molecule has 2 N–H and O–H groups in total. The molecule has 1 amide bonds. The highest BCUT2D eigenvalue weighted by atomic mass is 16.5. The van der Waals surface area contributed by atoms with Gasteiger partial charge in [0.1, 0.15) is 10.7 Å². The highest BCUT2D eigenvalue weighted by Gasteiger charge is 2.19. The largest absolute Gasteiger partial charge is 0.493 e. The number of carbonyl (C=O) groups excluding carboxylic acids is 1. The molecule has 0 atom stereocenters. The van der Waals surface area contributed by atoms with Gasteiger partial charge in [-0.25, -0.2) is 0 Å². The van der Waals surface area contributed by atoms with Crippen molar-refractivity contribution in [2.75, 3.05) is 53.3 Å². The van der Waals surface area contributed by atoms with Gasteiger partial charge in [0.15, 0.2) is 11.5 Å². The second-order valence-corrected chi connectivity index (χ2v) is 13.2. The van der Waals surface area contributed by atoms with Crippen molar-refractivity contribution in [2.45, 2.75) is 25.9 Å². The predicted octanol–water partition coefficient (Wildman–Crippen LogP) is 3.63. The van der Waals surface area contributed by atoms with Crippen LogP contribution >= 0.6 is 0 Å². The number of nitrogens with zero attached hydrogens (tertiary/aromatic N) is 3. The summed E-state index contributed by atoms with van der Waals surface area (Å²) in [5.41, 5.74) is 5.64. The fraction of sp³-hybridized carbons (Fsp3) is 0.262. The van der Waals surface area contributed by atoms with Crippen molar-refractivity contribution in [1.82, 2.24) is 19.4 Å². The van der Waals surface area contributed by atoms with Gasteiger partial charge >= 0.3 is 0 Å². The van der Waals surface area contributed by atoms with Crippen LogP contribution in [-0.2, 0) is 25.9 Å². The third kappa shape index (κ3) is 8.77. The van der Waals surface area contributed by atoms with Crippen LogP contribution in [0.3, 0.4) is 0 Å². The van der Waals surface area contributed by atoms with Crippen molar-refractivity contribution in [1.29, 1.82) is 0 Å². The minimum absolute atomic E-state index is 0.149. The summed E-state index contributed by atoms with van der Waals surface area (Å²) in [6, 6.07) is 28.5. The van der Waals surface area contributed by atoms with Crippen molar-refractivity contribution in [3.05, 3.63) is 156 Å². The molecule has 0 saturated heterocycles. The first-order valence-electron chi connectivity index (χ1n) is 17.4. The molecule has 0 unspecified atom stereocenters. The van der Waals surface area contributed by atoms with Crippen molar-refractivity contribution >= 4 is 23.7 Å². The number of anilines is 1. The number of hydrogen-bond donors (Lipinski definition) is 2. The third-order valence-corrected chi connectivity index (χ3v) is 9.31. The number of hydrogen-bond acceptors (Lipinski definition) is 7. The van der Waals surface area contributed by atoms with Gasteiger partial charge in [-0.1, -0.05) is 54.6 Å². The highest BCUT2D eigenvalue weighted by Crippen LogP contribution is 2.33. The second-order valence-electron chi connectivity index (χ2n) is 13.2. The molecule has 2 heterocycles. The van der Waals surface area contributed by atoms with Crippen molar-refractivity contribution < 1.29 is 14.3 Å². The summed E-state index contributed by atoms with van der Waals surface area (Å²) in [7, 11) is 7.17. The summed E-state index contributed by atoms with van der Waals surface area (Å²) >= 11 is 0. The van der Waals surface area contributed by atoms with Crippen LogP contribution in [-0.4, -0.2) is 73.2 Å². The number of amides is 1. The Morgan fingerprint density at radius 2 is 1.56 bits per heavy atom. The van der Waals surface area contributed by atoms with Crippen LogP contribution in [0.4, 0.5) is 5.69 Å². The van der Waals surface area contributed by atoms with E-state index < -0.39 is 0 Å². The van der Waals surface area contributed by atoms with Gasteiger partial charge in [0.05, 0.1) is 14.2 Å². The van der Waals surface area contributed by atoms with E-state index in [9.17, 15) is 14.4 Å². The lowest BCUT2D eigenvalue weighted by Crippen LogP contribution is -2.54. The summed E-state index contributed by atoms with van der Waals surface area (Å²) < 4.78 is 12.5. The SMILES string of the molecule is COc1cc2c(cc1OC)CN(CCc1ccc(NC(=O)c3cccc(/C=c4\[nH]c(=O)/c(=C/c5ccccc5)n(CCN(C)C)c4=O)c3)cc1)CC2. The Hall–Kier alpha value is -5.71. The molecule has 4 aromatic carbocycles. The Bertz CT molecular complexity index is 2280. The zero-order valence-electron chi connectivity index (χ0n) is 30.1. The fourth-order valence-electron chi connectivity index (χ4n) is 6.40. The van der Waals surface area contributed by atoms with E-state index in [-0.39, 0.29) is 27.7 Å². The van der Waals surface area contributed by atoms with Gasteiger partial charge in [-0.15, -0.1) is 0 Å². The number of ether oxygens (including phenoxy) is 2. The molecule has 1 aliphatic rings. The number of aromatic nitrogens is 2. The number of methoxy groups -OCH3 is 2. The Kier molecular flexibility index (Phi) is 11.5. The van der Waals surface area contributed by atoms with Crippen molar-refractivity contribution in [2.24, 2.45) is 0 Å². The summed E-state index contributed by atoms with van der Waals surface area (Å²) in [6.07, 6.45) is 5.19. The summed E-state index contributed by atoms with van der Waals surface area (Å²) in [5, 5.41) is 3.42. The molecule has 6 rings (SSSR count). The van der Waals surface area contributed by atoms with Gasteiger partial charge in [0.25, 0.3) is 17.0 Å². The maximum absolute atomic E-state index is 13.7. The predicted molar refractivity (Wildman–Crippen MR) is 206 cm³/mol. The molecule has 0 bridgehead atoms. The van der Waals surface area contributed by atoms with Gasteiger partial charge in [0, 0.05) is 44.0 Å². The molecule has 0 saturated carbocycles. The molecular formula is C42H45N5O5. The van der Waals surface area contributed by atoms with E-state index in [4.69, 9.17) is 9.47 Å². The van der Waals surface area contributed by atoms with Crippen molar-refractivity contribution in [3.8, 4) is 11.5 Å². The number of fused-ring (bicyclic) bond motifs is 1. The summed E-state index contributed by atoms with van der Waals surface area (Å²) in [5.74, 6) is 1.25. The third-order valence-electron chi connectivity index (χ3n) is 9.31. The average Bonchev–Trinajstić information content (AvgIpc) is 3.16. The lowest BCUT2D eigenvalue weighted by atomic mass is 9.98. The maximum Gasteiger partial charge on any atom is 0.275 e. The fourth-order valence-corrected chi connectivity index (χ4v) is 6.40. The van der Waals surface area contributed by atoms with E-state index in [0.29, 0.717) is 29.9 Å². The number of carbonyl (C=O) groups is 1. The molecule has 268 valence electrons. The average molecular weight is 700 g/mol. The minimum atomic E-state index is -0.367. The van der Waals surface area contributed by atoms with Crippen LogP contribution in [0.5, 0.6) is 11.5 Å². The quantitative estimate of drug-likeness (QED) is 0.205. The second kappa shape index (κ2) is 16.5. The van der Waals surface area contributed by atoms with Crippen LogP contribution in [0.2, 0.25) is 0 Å². The lowest BCUT2D eigenvalue weighted by Gasteiger charge is -2.29. The van der Waals surface area contributed by atoms with E-state index in [1.54, 1.807) is 50.6 Å². The van der Waals surface area contributed by atoms with Crippen LogP contribution in [0.1, 0.15) is 38.2 Å². The van der Waals surface area contributed by atoms with Gasteiger partial charge in [-0.2, -0.15) is 0 Å². The van der Waals surface area contributed by atoms with Crippen LogP contribution in [0.15, 0.2) is 101 Å². The Balaban J connectivity index is 1.13. The standard InChI is InChI=1S/C42H45N5O5/c1-45(2)21-22-47-37(25-30-9-6-5-7-10-30)41(49)44-36(42(47)50)24-31-11-8-12-33(23-31)40(48)43-35-15-13-29(14-16-35)17-19-46-20-18-32-26-38(51-3)39(52-4)27-34(32)28-46/h5-16,23-27H,17-22,28H2,1-4H3,(H,43,48)(H,44,49)/b36-24-,37-25-. The Morgan fingerprint density at radius 1 is 0.846 bits per heavy atom. The van der Waals surface area contributed by atoms with Gasteiger partial charge < -0.3 is 29.2 Å². The molecule has 10 heteroatoms. The number of H-pyrrole nitrogens is 1. The minimum Gasteiger partial charge on any atom is -0.493 e. The first kappa shape index (κ1) is 36.1. The summed E-state index contributed by atoms with van der Waals surface area (Å²) in [6.45, 7) is 3.68. The number of nitrogens with one attached hydrogen (secondary N) is 2. The molecule has 5 aromatic rings. The van der Waals surface area contributed by atoms with Crippen molar-refractivity contribution in [3.63, 3.8) is 0 Å². The van der Waals surface area contributed by atoms with Crippen LogP contribution in [0.25, 0.3) is 12.2 Å². The van der Waals surface area contributed by atoms with Gasteiger partial charge in [0.2, 0.25) is 0 Å². The summed E-state index contributed by atoms with van der Waals surface area (Å²) in [4.78, 5) is 47.5. The van der Waals surface area contributed by atoms with E-state index in [1.165, 1.54) is 21.3 Å². The van der Waals surface area contributed by atoms with Crippen LogP contribution in [0, 0.1) is 0 Å². The Labute approximate surface area is 303 Å². The molecular weight excluding hydrogens is 654 g/mol. The molecule has 0 spiro atoms. The lowest BCUT2D eigenvalue weighted by molar-refractivity contribution is 0.102.